The highest BCUT2D eigenvalue weighted by Gasteiger charge is 2.22. The van der Waals surface area contributed by atoms with Crippen molar-refractivity contribution in [1.29, 1.82) is 0 Å². The normalized spacial score (nSPS) is 19.8. The number of nitrogens with one attached hydrogen (secondary N) is 1. The predicted molar refractivity (Wildman–Crippen MR) is 108 cm³/mol. The number of anilines is 1. The molecule has 6 heteroatoms. The average molecular weight is 373 g/mol. The summed E-state index contributed by atoms with van der Waals surface area (Å²) in [5.41, 5.74) is 1.10. The van der Waals surface area contributed by atoms with Crippen molar-refractivity contribution >= 4 is 32.6 Å². The van der Waals surface area contributed by atoms with Crippen LogP contribution in [0.4, 0.5) is 5.13 Å². The van der Waals surface area contributed by atoms with Gasteiger partial charge < -0.3 is 10.2 Å². The third kappa shape index (κ3) is 4.18. The molecule has 1 N–H and O–H groups in total. The van der Waals surface area contributed by atoms with Gasteiger partial charge in [0.2, 0.25) is 5.91 Å². The van der Waals surface area contributed by atoms with E-state index < -0.39 is 0 Å². The number of hydrogen-bond donors (Lipinski definition) is 1. The molecule has 1 aliphatic heterocycles. The number of aromatic nitrogens is 1. The maximum Gasteiger partial charge on any atom is 0.223 e. The molecule has 0 bridgehead atoms. The molecule has 2 fully saturated rings. The topological polar surface area (TPSA) is 48.5 Å². The highest BCUT2D eigenvalue weighted by Crippen LogP contribution is 2.29. The second-order valence-electron chi connectivity index (χ2n) is 7.42. The third-order valence-electron chi connectivity index (χ3n) is 5.63. The Morgan fingerprint density at radius 2 is 1.88 bits per heavy atom. The minimum Gasteiger partial charge on any atom is -0.355 e. The number of fused-ring (bicyclic) bond motifs is 1. The summed E-state index contributed by atoms with van der Waals surface area (Å²) in [5, 5.41) is 4.29. The minimum atomic E-state index is 0.264. The third-order valence-corrected chi connectivity index (χ3v) is 6.73. The second kappa shape index (κ2) is 8.35. The SMILES string of the molecule is O=C(NCCN1CCN(c2nc3ccccc3s2)CC1)C1CCCCC1. The summed E-state index contributed by atoms with van der Waals surface area (Å²) in [6, 6.07) is 8.34. The number of nitrogens with zero attached hydrogens (tertiary/aromatic N) is 3. The molecule has 1 saturated heterocycles. The van der Waals surface area contributed by atoms with Crippen molar-refractivity contribution < 1.29 is 4.79 Å². The summed E-state index contributed by atoms with van der Waals surface area (Å²) in [6.07, 6.45) is 5.87. The summed E-state index contributed by atoms with van der Waals surface area (Å²) in [5.74, 6) is 0.539. The molecular weight excluding hydrogens is 344 g/mol. The van der Waals surface area contributed by atoms with Gasteiger partial charge in [-0.2, -0.15) is 0 Å². The fourth-order valence-corrected chi connectivity index (χ4v) is 5.02. The monoisotopic (exact) mass is 372 g/mol. The van der Waals surface area contributed by atoms with Crippen LogP contribution in [0.25, 0.3) is 10.2 Å². The fourth-order valence-electron chi connectivity index (χ4n) is 4.00. The molecule has 2 aliphatic rings. The number of para-hydroxylation sites is 1. The van der Waals surface area contributed by atoms with Crippen molar-refractivity contribution in [2.24, 2.45) is 5.92 Å². The van der Waals surface area contributed by atoms with Gasteiger partial charge in [-0.1, -0.05) is 42.7 Å². The second-order valence-corrected chi connectivity index (χ2v) is 8.43. The number of amides is 1. The van der Waals surface area contributed by atoms with Crippen molar-refractivity contribution in [2.45, 2.75) is 32.1 Å². The summed E-state index contributed by atoms with van der Waals surface area (Å²) in [6.45, 7) is 5.82. The Bertz CT molecular complexity index is 699. The van der Waals surface area contributed by atoms with Crippen LogP contribution in [0.2, 0.25) is 0 Å². The largest absolute Gasteiger partial charge is 0.355 e. The van der Waals surface area contributed by atoms with Crippen molar-refractivity contribution in [3.8, 4) is 0 Å². The molecule has 1 aromatic heterocycles. The molecule has 1 amide bonds. The van der Waals surface area contributed by atoms with E-state index in [0.717, 1.165) is 62.8 Å². The van der Waals surface area contributed by atoms with E-state index in [1.807, 2.05) is 6.07 Å². The summed E-state index contributed by atoms with van der Waals surface area (Å²) >= 11 is 1.78. The Morgan fingerprint density at radius 3 is 2.65 bits per heavy atom. The predicted octanol–water partition coefficient (Wildman–Crippen LogP) is 3.11. The molecule has 0 unspecified atom stereocenters. The number of thiazole rings is 1. The number of rotatable bonds is 5. The van der Waals surface area contributed by atoms with Crippen LogP contribution in [0.3, 0.4) is 0 Å². The Balaban J connectivity index is 1.20. The highest BCUT2D eigenvalue weighted by atomic mass is 32.1. The lowest BCUT2D eigenvalue weighted by atomic mass is 9.89. The number of benzene rings is 1. The van der Waals surface area contributed by atoms with Gasteiger partial charge in [-0.25, -0.2) is 4.98 Å². The van der Waals surface area contributed by atoms with Crippen LogP contribution >= 0.6 is 11.3 Å². The summed E-state index contributed by atoms with van der Waals surface area (Å²) in [7, 11) is 0. The molecule has 0 spiro atoms. The molecular formula is C20H28N4OS. The molecule has 5 nitrogen and oxygen atoms in total. The van der Waals surface area contributed by atoms with E-state index in [2.05, 4.69) is 33.3 Å². The van der Waals surface area contributed by atoms with E-state index >= 15 is 0 Å². The van der Waals surface area contributed by atoms with Gasteiger partial charge in [0.15, 0.2) is 5.13 Å². The smallest absolute Gasteiger partial charge is 0.223 e. The van der Waals surface area contributed by atoms with E-state index in [1.165, 1.54) is 24.0 Å². The van der Waals surface area contributed by atoms with Gasteiger partial charge in [0.1, 0.15) is 0 Å². The number of hydrogen-bond acceptors (Lipinski definition) is 5. The molecule has 2 heterocycles. The van der Waals surface area contributed by atoms with Crippen molar-refractivity contribution in [2.75, 3.05) is 44.2 Å². The van der Waals surface area contributed by atoms with Gasteiger partial charge in [-0.3, -0.25) is 9.69 Å². The van der Waals surface area contributed by atoms with Crippen LogP contribution < -0.4 is 10.2 Å². The first-order valence-electron chi connectivity index (χ1n) is 9.90. The first-order valence-corrected chi connectivity index (χ1v) is 10.7. The van der Waals surface area contributed by atoms with Crippen molar-refractivity contribution in [3.05, 3.63) is 24.3 Å². The van der Waals surface area contributed by atoms with Gasteiger partial charge in [-0.05, 0) is 25.0 Å². The quantitative estimate of drug-likeness (QED) is 0.876. The van der Waals surface area contributed by atoms with E-state index in [1.54, 1.807) is 11.3 Å². The lowest BCUT2D eigenvalue weighted by molar-refractivity contribution is -0.125. The zero-order valence-corrected chi connectivity index (χ0v) is 16.1. The van der Waals surface area contributed by atoms with E-state index in [-0.39, 0.29) is 11.8 Å². The molecule has 140 valence electrons. The van der Waals surface area contributed by atoms with Gasteiger partial charge in [-0.15, -0.1) is 0 Å². The van der Waals surface area contributed by atoms with Crippen LogP contribution in [0.15, 0.2) is 24.3 Å². The Kier molecular flexibility index (Phi) is 5.70. The molecule has 0 radical (unpaired) electrons. The Hall–Kier alpha value is -1.66. The van der Waals surface area contributed by atoms with Crippen molar-refractivity contribution in [3.63, 3.8) is 0 Å². The van der Waals surface area contributed by atoms with Gasteiger partial charge in [0.25, 0.3) is 0 Å². The highest BCUT2D eigenvalue weighted by molar-refractivity contribution is 7.22. The first-order chi connectivity index (χ1) is 12.8. The number of piperazine rings is 1. The minimum absolute atomic E-state index is 0.264. The molecule has 4 rings (SSSR count). The zero-order chi connectivity index (χ0) is 17.8. The number of carbonyl (C=O) groups excluding carboxylic acids is 1. The fraction of sp³-hybridized carbons (Fsp3) is 0.600. The molecule has 0 atom stereocenters. The van der Waals surface area contributed by atoms with Crippen LogP contribution in [0, 0.1) is 5.92 Å². The van der Waals surface area contributed by atoms with Crippen LogP contribution in [-0.2, 0) is 4.79 Å². The molecule has 1 saturated carbocycles. The molecule has 1 aromatic carbocycles. The first kappa shape index (κ1) is 17.7. The lowest BCUT2D eigenvalue weighted by Crippen LogP contribution is -2.48. The molecule has 2 aromatic rings. The standard InChI is InChI=1S/C20H28N4OS/c25-19(16-6-2-1-3-7-16)21-10-11-23-12-14-24(15-13-23)20-22-17-8-4-5-9-18(17)26-20/h4-5,8-9,16H,1-3,6-7,10-15H2,(H,21,25). The molecule has 26 heavy (non-hydrogen) atoms. The molecule has 1 aliphatic carbocycles. The summed E-state index contributed by atoms with van der Waals surface area (Å²) < 4.78 is 1.26. The van der Waals surface area contributed by atoms with Gasteiger partial charge >= 0.3 is 0 Å². The van der Waals surface area contributed by atoms with E-state index in [4.69, 9.17) is 4.98 Å². The van der Waals surface area contributed by atoms with Crippen molar-refractivity contribution in [1.82, 2.24) is 15.2 Å². The Labute approximate surface area is 159 Å². The van der Waals surface area contributed by atoms with Crippen LogP contribution in [-0.4, -0.2) is 55.1 Å². The summed E-state index contributed by atoms with van der Waals surface area (Å²) in [4.78, 5) is 21.8. The van der Waals surface area contributed by atoms with E-state index in [0.29, 0.717) is 0 Å². The van der Waals surface area contributed by atoms with Gasteiger partial charge in [0.05, 0.1) is 10.2 Å². The Morgan fingerprint density at radius 1 is 1.12 bits per heavy atom. The van der Waals surface area contributed by atoms with Gasteiger partial charge in [0, 0.05) is 45.2 Å². The lowest BCUT2D eigenvalue weighted by Gasteiger charge is -2.34. The average Bonchev–Trinajstić information content (AvgIpc) is 3.13. The maximum absolute atomic E-state index is 12.2. The van der Waals surface area contributed by atoms with Crippen LogP contribution in [0.5, 0.6) is 0 Å². The number of carbonyl (C=O) groups is 1. The zero-order valence-electron chi connectivity index (χ0n) is 15.3. The van der Waals surface area contributed by atoms with Crippen LogP contribution in [0.1, 0.15) is 32.1 Å². The maximum atomic E-state index is 12.2. The van der Waals surface area contributed by atoms with E-state index in [9.17, 15) is 4.79 Å².